The summed E-state index contributed by atoms with van der Waals surface area (Å²) < 4.78 is 26.7. The predicted molar refractivity (Wildman–Crippen MR) is 84.0 cm³/mol. The highest BCUT2D eigenvalue weighted by Crippen LogP contribution is 2.20. The highest BCUT2D eigenvalue weighted by molar-refractivity contribution is 7.89. The zero-order valence-electron chi connectivity index (χ0n) is 13.1. The molecular weight excluding hydrogens is 302 g/mol. The standard InChI is InChI=1S/C15H23N3O3S/c1-12(2)13-3-5-14(6-4-13)22(20,21)18-9-7-17(8-10-18)11-15(16)19/h3-6,12H,7-11H2,1-2H3,(H2,16,19)/p+1. The van der Waals surface area contributed by atoms with Gasteiger partial charge in [-0.15, -0.1) is 0 Å². The van der Waals surface area contributed by atoms with Crippen molar-refractivity contribution in [3.8, 4) is 0 Å². The summed E-state index contributed by atoms with van der Waals surface area (Å²) in [6.45, 7) is 6.44. The molecule has 3 N–H and O–H groups in total. The van der Waals surface area contributed by atoms with E-state index in [1.54, 1.807) is 12.1 Å². The highest BCUT2D eigenvalue weighted by Gasteiger charge is 2.30. The fraction of sp³-hybridized carbons (Fsp3) is 0.533. The van der Waals surface area contributed by atoms with Gasteiger partial charge in [0.2, 0.25) is 10.0 Å². The van der Waals surface area contributed by atoms with E-state index in [0.29, 0.717) is 37.0 Å². The van der Waals surface area contributed by atoms with Crippen molar-refractivity contribution < 1.29 is 18.1 Å². The van der Waals surface area contributed by atoms with Crippen LogP contribution >= 0.6 is 0 Å². The van der Waals surface area contributed by atoms with Gasteiger partial charge in [-0.1, -0.05) is 26.0 Å². The molecule has 22 heavy (non-hydrogen) atoms. The molecule has 1 amide bonds. The van der Waals surface area contributed by atoms with E-state index in [9.17, 15) is 13.2 Å². The molecule has 0 aliphatic carbocycles. The third-order valence-electron chi connectivity index (χ3n) is 4.04. The third kappa shape index (κ3) is 3.85. The lowest BCUT2D eigenvalue weighted by Crippen LogP contribution is -3.15. The SMILES string of the molecule is CC(C)c1ccc(S(=O)(=O)N2CC[NH+](CC(N)=O)CC2)cc1. The van der Waals surface area contributed by atoms with Crippen LogP contribution < -0.4 is 10.6 Å². The van der Waals surface area contributed by atoms with E-state index in [1.807, 2.05) is 12.1 Å². The number of nitrogens with two attached hydrogens (primary N) is 1. The number of nitrogens with one attached hydrogen (secondary N) is 1. The summed E-state index contributed by atoms with van der Waals surface area (Å²) in [6, 6.07) is 7.08. The molecule has 0 saturated carbocycles. The van der Waals surface area contributed by atoms with Crippen LogP contribution in [0.4, 0.5) is 0 Å². The number of hydrogen-bond acceptors (Lipinski definition) is 3. The molecule has 1 aromatic rings. The van der Waals surface area contributed by atoms with Gasteiger partial charge in [0.25, 0.3) is 5.91 Å². The van der Waals surface area contributed by atoms with Crippen LogP contribution in [-0.2, 0) is 14.8 Å². The van der Waals surface area contributed by atoms with Gasteiger partial charge in [-0.25, -0.2) is 8.42 Å². The number of piperazine rings is 1. The molecule has 1 saturated heterocycles. The Morgan fingerprint density at radius 1 is 1.23 bits per heavy atom. The first-order valence-electron chi connectivity index (χ1n) is 7.52. The molecule has 0 atom stereocenters. The lowest BCUT2D eigenvalue weighted by Gasteiger charge is -2.30. The Morgan fingerprint density at radius 3 is 2.23 bits per heavy atom. The molecule has 0 spiro atoms. The van der Waals surface area contributed by atoms with Gasteiger partial charge in [0.1, 0.15) is 0 Å². The second-order valence-corrected chi connectivity index (χ2v) is 7.96. The molecule has 1 aliphatic rings. The number of nitrogens with zero attached hydrogens (tertiary/aromatic N) is 1. The van der Waals surface area contributed by atoms with Gasteiger partial charge in [-0.3, -0.25) is 4.79 Å². The van der Waals surface area contributed by atoms with E-state index >= 15 is 0 Å². The molecule has 0 radical (unpaired) electrons. The molecule has 122 valence electrons. The van der Waals surface area contributed by atoms with E-state index in [-0.39, 0.29) is 12.5 Å². The van der Waals surface area contributed by atoms with Crippen LogP contribution in [-0.4, -0.2) is 51.4 Å². The smallest absolute Gasteiger partial charge is 0.272 e. The number of carbonyl (C=O) groups is 1. The van der Waals surface area contributed by atoms with Crippen LogP contribution in [0, 0.1) is 0 Å². The van der Waals surface area contributed by atoms with E-state index in [2.05, 4.69) is 13.8 Å². The summed E-state index contributed by atoms with van der Waals surface area (Å²) in [6.07, 6.45) is 0. The minimum Gasteiger partial charge on any atom is -0.365 e. The minimum absolute atomic E-state index is 0.261. The molecular formula is C15H24N3O3S+. The van der Waals surface area contributed by atoms with Gasteiger partial charge in [0.05, 0.1) is 31.1 Å². The van der Waals surface area contributed by atoms with Crippen molar-refractivity contribution in [3.05, 3.63) is 29.8 Å². The summed E-state index contributed by atoms with van der Waals surface area (Å²) in [5, 5.41) is 0. The number of hydrogen-bond donors (Lipinski definition) is 2. The fourth-order valence-corrected chi connectivity index (χ4v) is 4.08. The maximum atomic E-state index is 12.6. The summed E-state index contributed by atoms with van der Waals surface area (Å²) in [4.78, 5) is 12.3. The predicted octanol–water partition coefficient (Wildman–Crippen LogP) is -0.815. The second kappa shape index (κ2) is 6.76. The van der Waals surface area contributed by atoms with Gasteiger partial charge in [0.15, 0.2) is 6.54 Å². The van der Waals surface area contributed by atoms with Crippen molar-refractivity contribution in [1.82, 2.24) is 4.31 Å². The quantitative estimate of drug-likeness (QED) is 0.742. The maximum Gasteiger partial charge on any atom is 0.272 e. The molecule has 1 fully saturated rings. The molecule has 1 aromatic carbocycles. The Hall–Kier alpha value is -1.44. The van der Waals surface area contributed by atoms with Crippen LogP contribution in [0.3, 0.4) is 0 Å². The van der Waals surface area contributed by atoms with Crippen LogP contribution in [0.1, 0.15) is 25.3 Å². The van der Waals surface area contributed by atoms with E-state index in [1.165, 1.54) is 4.31 Å². The van der Waals surface area contributed by atoms with Crippen molar-refractivity contribution in [1.29, 1.82) is 0 Å². The third-order valence-corrected chi connectivity index (χ3v) is 5.95. The molecule has 0 unspecified atom stereocenters. The van der Waals surface area contributed by atoms with E-state index in [0.717, 1.165) is 10.5 Å². The van der Waals surface area contributed by atoms with Crippen LogP contribution in [0.25, 0.3) is 0 Å². The number of primary amides is 1. The zero-order valence-corrected chi connectivity index (χ0v) is 13.9. The van der Waals surface area contributed by atoms with Crippen LogP contribution in [0.5, 0.6) is 0 Å². The number of amides is 1. The topological polar surface area (TPSA) is 84.9 Å². The average Bonchev–Trinajstić information content (AvgIpc) is 2.47. The van der Waals surface area contributed by atoms with Crippen molar-refractivity contribution in [3.63, 3.8) is 0 Å². The first-order valence-corrected chi connectivity index (χ1v) is 8.96. The number of rotatable bonds is 5. The maximum absolute atomic E-state index is 12.6. The summed E-state index contributed by atoms with van der Waals surface area (Å²) in [5.41, 5.74) is 6.30. The Labute approximate surface area is 131 Å². The lowest BCUT2D eigenvalue weighted by molar-refractivity contribution is -0.895. The molecule has 2 rings (SSSR count). The van der Waals surface area contributed by atoms with Crippen molar-refractivity contribution in [2.24, 2.45) is 5.73 Å². The molecule has 0 bridgehead atoms. The monoisotopic (exact) mass is 326 g/mol. The summed E-state index contributed by atoms with van der Waals surface area (Å²) in [5.74, 6) is 0.0216. The minimum atomic E-state index is -3.45. The normalized spacial score (nSPS) is 17.8. The average molecular weight is 326 g/mol. The molecule has 0 aromatic heterocycles. The largest absolute Gasteiger partial charge is 0.365 e. The Kier molecular flexibility index (Phi) is 5.20. The summed E-state index contributed by atoms with van der Waals surface area (Å²) in [7, 11) is -3.45. The molecule has 1 heterocycles. The van der Waals surface area contributed by atoms with Gasteiger partial charge in [-0.2, -0.15) is 4.31 Å². The molecule has 1 aliphatic heterocycles. The number of sulfonamides is 1. The van der Waals surface area contributed by atoms with Gasteiger partial charge < -0.3 is 10.6 Å². The molecule has 6 nitrogen and oxygen atoms in total. The summed E-state index contributed by atoms with van der Waals surface area (Å²) >= 11 is 0. The van der Waals surface area contributed by atoms with Crippen LogP contribution in [0.15, 0.2) is 29.2 Å². The fourth-order valence-electron chi connectivity index (χ4n) is 2.64. The first kappa shape index (κ1) is 16.9. The van der Waals surface area contributed by atoms with Crippen molar-refractivity contribution >= 4 is 15.9 Å². The number of quaternary nitrogens is 1. The van der Waals surface area contributed by atoms with Crippen LogP contribution in [0.2, 0.25) is 0 Å². The Bertz CT molecular complexity index is 618. The first-order chi connectivity index (χ1) is 10.3. The highest BCUT2D eigenvalue weighted by atomic mass is 32.2. The van der Waals surface area contributed by atoms with Crippen molar-refractivity contribution in [2.75, 3.05) is 32.7 Å². The Morgan fingerprint density at radius 2 is 1.77 bits per heavy atom. The number of carbonyl (C=O) groups excluding carboxylic acids is 1. The lowest BCUT2D eigenvalue weighted by atomic mass is 10.0. The Balaban J connectivity index is 2.06. The second-order valence-electron chi connectivity index (χ2n) is 6.02. The van der Waals surface area contributed by atoms with Gasteiger partial charge >= 0.3 is 0 Å². The molecule has 7 heteroatoms. The number of benzene rings is 1. The van der Waals surface area contributed by atoms with Gasteiger partial charge in [-0.05, 0) is 23.6 Å². The zero-order chi connectivity index (χ0) is 16.3. The van der Waals surface area contributed by atoms with E-state index in [4.69, 9.17) is 5.73 Å². The van der Waals surface area contributed by atoms with E-state index < -0.39 is 10.0 Å². The van der Waals surface area contributed by atoms with Crippen molar-refractivity contribution in [2.45, 2.75) is 24.7 Å². The van der Waals surface area contributed by atoms with Gasteiger partial charge in [0, 0.05) is 0 Å².